The average molecular weight is 297 g/mol. The van der Waals surface area contributed by atoms with Crippen LogP contribution in [0.4, 0.5) is 0 Å². The number of carbonyl (C=O) groups is 1. The minimum Gasteiger partial charge on any atom is -0.494 e. The molecule has 0 aromatic heterocycles. The van der Waals surface area contributed by atoms with Gasteiger partial charge in [-0.15, -0.1) is 0 Å². The van der Waals surface area contributed by atoms with E-state index >= 15 is 0 Å². The van der Waals surface area contributed by atoms with Gasteiger partial charge in [-0.05, 0) is 37.6 Å². The van der Waals surface area contributed by atoms with Crippen molar-refractivity contribution in [3.8, 4) is 5.75 Å². The number of ketones is 1. The molecule has 1 atom stereocenters. The highest BCUT2D eigenvalue weighted by molar-refractivity contribution is 7.91. The van der Waals surface area contributed by atoms with E-state index < -0.39 is 9.84 Å². The number of rotatable bonds is 6. The summed E-state index contributed by atoms with van der Waals surface area (Å²) in [7, 11) is -2.91. The maximum Gasteiger partial charge on any atom is 0.176 e. The molecule has 0 spiro atoms. The maximum absolute atomic E-state index is 12.0. The molecule has 110 valence electrons. The Morgan fingerprint density at radius 1 is 1.35 bits per heavy atom. The van der Waals surface area contributed by atoms with Crippen LogP contribution in [0.15, 0.2) is 24.3 Å². The fourth-order valence-electron chi connectivity index (χ4n) is 2.20. The third-order valence-corrected chi connectivity index (χ3v) is 5.04. The monoisotopic (exact) mass is 297 g/mol. The summed E-state index contributed by atoms with van der Waals surface area (Å²) in [4.78, 5) is 12.0. The molecular formula is C14H19NO4S. The van der Waals surface area contributed by atoms with E-state index in [1.54, 1.807) is 24.3 Å². The Labute approximate surface area is 119 Å². The van der Waals surface area contributed by atoms with Crippen molar-refractivity contribution in [3.63, 3.8) is 0 Å². The van der Waals surface area contributed by atoms with Crippen molar-refractivity contribution in [1.29, 1.82) is 0 Å². The normalized spacial score (nSPS) is 20.8. The molecule has 1 fully saturated rings. The van der Waals surface area contributed by atoms with Crippen molar-refractivity contribution in [2.24, 2.45) is 0 Å². The second-order valence-corrected chi connectivity index (χ2v) is 7.09. The van der Waals surface area contributed by atoms with Gasteiger partial charge in [0.05, 0.1) is 24.7 Å². The van der Waals surface area contributed by atoms with Gasteiger partial charge in [0.1, 0.15) is 5.75 Å². The van der Waals surface area contributed by atoms with E-state index in [0.717, 1.165) is 5.75 Å². The highest BCUT2D eigenvalue weighted by Crippen LogP contribution is 2.13. The van der Waals surface area contributed by atoms with Gasteiger partial charge in [-0.1, -0.05) is 0 Å². The first-order valence-electron chi connectivity index (χ1n) is 6.70. The average Bonchev–Trinajstić information content (AvgIpc) is 2.77. The zero-order valence-electron chi connectivity index (χ0n) is 11.5. The summed E-state index contributed by atoms with van der Waals surface area (Å²) in [5.74, 6) is 1.03. The van der Waals surface area contributed by atoms with Gasteiger partial charge < -0.3 is 10.1 Å². The van der Waals surface area contributed by atoms with E-state index in [-0.39, 0.29) is 29.9 Å². The summed E-state index contributed by atoms with van der Waals surface area (Å²) in [6, 6.07) is 6.86. The van der Waals surface area contributed by atoms with Gasteiger partial charge in [-0.2, -0.15) is 0 Å². The van der Waals surface area contributed by atoms with Crippen molar-refractivity contribution in [3.05, 3.63) is 29.8 Å². The fourth-order valence-corrected chi connectivity index (χ4v) is 3.91. The maximum atomic E-state index is 12.0. The third kappa shape index (κ3) is 4.05. The number of sulfone groups is 1. The summed E-state index contributed by atoms with van der Waals surface area (Å²) >= 11 is 0. The Morgan fingerprint density at radius 3 is 2.60 bits per heavy atom. The molecule has 1 heterocycles. The number of ether oxygens (including phenoxy) is 1. The second-order valence-electron chi connectivity index (χ2n) is 4.86. The Morgan fingerprint density at radius 2 is 2.05 bits per heavy atom. The number of hydrogen-bond donors (Lipinski definition) is 1. The SMILES string of the molecule is CCOc1ccc(C(=O)CNC2CCS(=O)(=O)C2)cc1. The molecule has 1 N–H and O–H groups in total. The van der Waals surface area contributed by atoms with Crippen LogP contribution >= 0.6 is 0 Å². The van der Waals surface area contributed by atoms with Gasteiger partial charge in [0.15, 0.2) is 15.6 Å². The first-order chi connectivity index (χ1) is 9.50. The molecular weight excluding hydrogens is 278 g/mol. The Balaban J connectivity index is 1.86. The zero-order valence-corrected chi connectivity index (χ0v) is 12.3. The number of carbonyl (C=O) groups excluding carboxylic acids is 1. The van der Waals surface area contributed by atoms with Gasteiger partial charge in [-0.3, -0.25) is 4.79 Å². The van der Waals surface area contributed by atoms with E-state index in [2.05, 4.69) is 5.32 Å². The Hall–Kier alpha value is -1.40. The Kier molecular flexibility index (Phi) is 4.77. The summed E-state index contributed by atoms with van der Waals surface area (Å²) in [5.41, 5.74) is 0.599. The van der Waals surface area contributed by atoms with Crippen LogP contribution in [0.1, 0.15) is 23.7 Å². The molecule has 1 unspecified atom stereocenters. The molecule has 1 aliphatic heterocycles. The molecule has 1 aromatic rings. The number of benzene rings is 1. The second kappa shape index (κ2) is 6.37. The summed E-state index contributed by atoms with van der Waals surface area (Å²) in [5, 5.41) is 3.02. The van der Waals surface area contributed by atoms with Crippen molar-refractivity contribution in [2.45, 2.75) is 19.4 Å². The van der Waals surface area contributed by atoms with E-state index in [4.69, 9.17) is 4.74 Å². The van der Waals surface area contributed by atoms with Gasteiger partial charge in [-0.25, -0.2) is 8.42 Å². The van der Waals surface area contributed by atoms with E-state index in [1.165, 1.54) is 0 Å². The molecule has 5 nitrogen and oxygen atoms in total. The van der Waals surface area contributed by atoms with Crippen LogP contribution in [-0.2, 0) is 9.84 Å². The van der Waals surface area contributed by atoms with E-state index in [0.29, 0.717) is 18.6 Å². The van der Waals surface area contributed by atoms with Crippen LogP contribution < -0.4 is 10.1 Å². The highest BCUT2D eigenvalue weighted by atomic mass is 32.2. The van der Waals surface area contributed by atoms with Crippen LogP contribution in [0.25, 0.3) is 0 Å². The molecule has 0 bridgehead atoms. The molecule has 0 amide bonds. The number of nitrogens with one attached hydrogen (secondary N) is 1. The lowest BCUT2D eigenvalue weighted by Crippen LogP contribution is -2.34. The van der Waals surface area contributed by atoms with Crippen molar-refractivity contribution in [2.75, 3.05) is 24.7 Å². The lowest BCUT2D eigenvalue weighted by molar-refractivity contribution is 0.0988. The largest absolute Gasteiger partial charge is 0.494 e. The topological polar surface area (TPSA) is 72.5 Å². The van der Waals surface area contributed by atoms with Crippen molar-refractivity contribution < 1.29 is 17.9 Å². The first-order valence-corrected chi connectivity index (χ1v) is 8.52. The molecule has 6 heteroatoms. The van der Waals surface area contributed by atoms with Gasteiger partial charge >= 0.3 is 0 Å². The molecule has 0 aliphatic carbocycles. The van der Waals surface area contributed by atoms with Crippen molar-refractivity contribution in [1.82, 2.24) is 5.32 Å². The summed E-state index contributed by atoms with van der Waals surface area (Å²) < 4.78 is 27.9. The fraction of sp³-hybridized carbons (Fsp3) is 0.500. The molecule has 1 aliphatic rings. The Bertz CT molecular complexity index is 565. The predicted molar refractivity (Wildman–Crippen MR) is 77.0 cm³/mol. The molecule has 0 radical (unpaired) electrons. The standard InChI is InChI=1S/C14H19NO4S/c1-2-19-13-5-3-11(4-6-13)14(16)9-15-12-7-8-20(17,18)10-12/h3-6,12,15H,2,7-10H2,1H3. The van der Waals surface area contributed by atoms with Gasteiger partial charge in [0, 0.05) is 11.6 Å². The molecule has 1 aromatic carbocycles. The van der Waals surface area contributed by atoms with Crippen LogP contribution in [-0.4, -0.2) is 44.9 Å². The van der Waals surface area contributed by atoms with Crippen LogP contribution in [0.5, 0.6) is 5.75 Å². The van der Waals surface area contributed by atoms with E-state index in [9.17, 15) is 13.2 Å². The summed E-state index contributed by atoms with van der Waals surface area (Å²) in [6.07, 6.45) is 0.582. The zero-order chi connectivity index (χ0) is 14.6. The lowest BCUT2D eigenvalue weighted by Gasteiger charge is -2.10. The first kappa shape index (κ1) is 15.0. The van der Waals surface area contributed by atoms with Crippen LogP contribution in [0.3, 0.4) is 0 Å². The van der Waals surface area contributed by atoms with Gasteiger partial charge in [0.25, 0.3) is 0 Å². The highest BCUT2D eigenvalue weighted by Gasteiger charge is 2.27. The third-order valence-electron chi connectivity index (χ3n) is 3.27. The van der Waals surface area contributed by atoms with Crippen LogP contribution in [0.2, 0.25) is 0 Å². The van der Waals surface area contributed by atoms with E-state index in [1.807, 2.05) is 6.92 Å². The predicted octanol–water partition coefficient (Wildman–Crippen LogP) is 1.04. The number of hydrogen-bond acceptors (Lipinski definition) is 5. The summed E-state index contributed by atoms with van der Waals surface area (Å²) in [6.45, 7) is 2.65. The smallest absolute Gasteiger partial charge is 0.176 e. The molecule has 1 saturated heterocycles. The number of Topliss-reactive ketones (excluding diaryl/α,β-unsaturated/α-hetero) is 1. The van der Waals surface area contributed by atoms with Crippen molar-refractivity contribution >= 4 is 15.6 Å². The minimum atomic E-state index is -2.91. The van der Waals surface area contributed by atoms with Crippen LogP contribution in [0, 0.1) is 0 Å². The lowest BCUT2D eigenvalue weighted by atomic mass is 10.1. The molecule has 20 heavy (non-hydrogen) atoms. The molecule has 2 rings (SSSR count). The quantitative estimate of drug-likeness (QED) is 0.794. The van der Waals surface area contributed by atoms with Gasteiger partial charge in [0.2, 0.25) is 0 Å². The minimum absolute atomic E-state index is 0.0441. The molecule has 0 saturated carbocycles.